The van der Waals surface area contributed by atoms with Gasteiger partial charge >= 0.3 is 0 Å². The van der Waals surface area contributed by atoms with Crippen LogP contribution in [-0.4, -0.2) is 18.6 Å². The van der Waals surface area contributed by atoms with E-state index in [9.17, 15) is 4.39 Å². The minimum atomic E-state index is -0.335. The van der Waals surface area contributed by atoms with Crippen molar-refractivity contribution in [2.24, 2.45) is 0 Å². The van der Waals surface area contributed by atoms with Gasteiger partial charge in [0.1, 0.15) is 23.2 Å². The first-order chi connectivity index (χ1) is 9.72. The summed E-state index contributed by atoms with van der Waals surface area (Å²) in [7, 11) is 1.51. The summed E-state index contributed by atoms with van der Waals surface area (Å²) in [6, 6.07) is 10.00. The Bertz CT molecular complexity index is 575. The van der Waals surface area contributed by atoms with E-state index in [0.29, 0.717) is 17.3 Å². The van der Waals surface area contributed by atoms with E-state index < -0.39 is 0 Å². The molecule has 0 aliphatic heterocycles. The fourth-order valence-electron chi connectivity index (χ4n) is 1.76. The van der Waals surface area contributed by atoms with Crippen LogP contribution in [0.4, 0.5) is 21.7 Å². The van der Waals surface area contributed by atoms with Crippen LogP contribution in [0.5, 0.6) is 5.75 Å². The lowest BCUT2D eigenvalue weighted by atomic mass is 10.2. The molecule has 0 atom stereocenters. The maximum atomic E-state index is 13.1. The van der Waals surface area contributed by atoms with E-state index in [1.54, 1.807) is 6.07 Å². The molecule has 0 bridgehead atoms. The predicted octanol–water partition coefficient (Wildman–Crippen LogP) is 3.79. The third-order valence-corrected chi connectivity index (χ3v) is 2.73. The van der Waals surface area contributed by atoms with E-state index >= 15 is 0 Å². The van der Waals surface area contributed by atoms with Crippen molar-refractivity contribution in [1.29, 1.82) is 0 Å². The summed E-state index contributed by atoms with van der Waals surface area (Å²) in [5.74, 6) is 1.59. The number of ether oxygens (including phenoxy) is 1. The first-order valence-corrected chi connectivity index (χ1v) is 6.54. The Balaban J connectivity index is 2.17. The normalized spacial score (nSPS) is 10.2. The Kier molecular flexibility index (Phi) is 4.76. The van der Waals surface area contributed by atoms with Gasteiger partial charge in [-0.25, -0.2) is 9.37 Å². The number of nitrogens with zero attached hydrogens (tertiary/aromatic N) is 1. The van der Waals surface area contributed by atoms with Crippen molar-refractivity contribution in [2.45, 2.75) is 13.3 Å². The summed E-state index contributed by atoms with van der Waals surface area (Å²) < 4.78 is 18.3. The van der Waals surface area contributed by atoms with E-state index in [0.717, 1.165) is 18.8 Å². The second kappa shape index (κ2) is 6.75. The number of nitrogens with one attached hydrogen (secondary N) is 2. The fourth-order valence-corrected chi connectivity index (χ4v) is 1.76. The number of rotatable bonds is 6. The molecule has 0 fully saturated rings. The lowest BCUT2D eigenvalue weighted by Crippen LogP contribution is -2.03. The fraction of sp³-hybridized carbons (Fsp3) is 0.267. The summed E-state index contributed by atoms with van der Waals surface area (Å²) in [5, 5.41) is 6.34. The molecule has 2 N–H and O–H groups in total. The van der Waals surface area contributed by atoms with Crippen LogP contribution in [0.15, 0.2) is 36.4 Å². The quantitative estimate of drug-likeness (QED) is 0.842. The minimum absolute atomic E-state index is 0.335. The first-order valence-electron chi connectivity index (χ1n) is 6.54. The number of methoxy groups -OCH3 is 1. The van der Waals surface area contributed by atoms with Crippen LogP contribution in [0.3, 0.4) is 0 Å². The summed E-state index contributed by atoms with van der Waals surface area (Å²) in [6.45, 7) is 2.97. The maximum absolute atomic E-state index is 13.1. The molecule has 2 rings (SSSR count). The van der Waals surface area contributed by atoms with Gasteiger partial charge < -0.3 is 15.4 Å². The van der Waals surface area contributed by atoms with Crippen LogP contribution in [0.25, 0.3) is 0 Å². The molecule has 4 nitrogen and oxygen atoms in total. The average molecular weight is 275 g/mol. The summed E-state index contributed by atoms with van der Waals surface area (Å²) in [5.41, 5.74) is 0.675. The summed E-state index contributed by atoms with van der Waals surface area (Å²) in [6.07, 6.45) is 1.03. The van der Waals surface area contributed by atoms with Crippen molar-refractivity contribution >= 4 is 17.3 Å². The largest absolute Gasteiger partial charge is 0.494 e. The highest BCUT2D eigenvalue weighted by molar-refractivity contribution is 5.65. The van der Waals surface area contributed by atoms with Crippen molar-refractivity contribution in [3.8, 4) is 5.75 Å². The molecule has 0 radical (unpaired) electrons. The van der Waals surface area contributed by atoms with Gasteiger partial charge in [-0.3, -0.25) is 0 Å². The highest BCUT2D eigenvalue weighted by Crippen LogP contribution is 2.27. The predicted molar refractivity (Wildman–Crippen MR) is 79.3 cm³/mol. The molecule has 1 aromatic heterocycles. The first kappa shape index (κ1) is 14.1. The Hall–Kier alpha value is -2.30. The van der Waals surface area contributed by atoms with E-state index in [1.807, 2.05) is 18.2 Å². The number of hydrogen-bond acceptors (Lipinski definition) is 4. The Morgan fingerprint density at radius 1 is 1.20 bits per heavy atom. The SMILES string of the molecule is CCCNc1cccc(Nc2ccc(F)cc2OC)n1. The van der Waals surface area contributed by atoms with Crippen molar-refractivity contribution in [1.82, 2.24) is 4.98 Å². The molecular formula is C15H18FN3O. The molecule has 106 valence electrons. The lowest BCUT2D eigenvalue weighted by Gasteiger charge is -2.11. The van der Waals surface area contributed by atoms with Crippen LogP contribution in [0.2, 0.25) is 0 Å². The van der Waals surface area contributed by atoms with Gasteiger partial charge in [-0.05, 0) is 30.7 Å². The smallest absolute Gasteiger partial charge is 0.145 e. The van der Waals surface area contributed by atoms with Crippen molar-refractivity contribution < 1.29 is 9.13 Å². The van der Waals surface area contributed by atoms with E-state index in [4.69, 9.17) is 4.74 Å². The number of pyridine rings is 1. The molecule has 0 unspecified atom stereocenters. The molecule has 0 saturated heterocycles. The molecule has 1 heterocycles. The van der Waals surface area contributed by atoms with E-state index in [2.05, 4.69) is 22.5 Å². The van der Waals surface area contributed by atoms with Crippen molar-refractivity contribution in [2.75, 3.05) is 24.3 Å². The standard InChI is InChI=1S/C15H18FN3O/c1-3-9-17-14-5-4-6-15(19-14)18-12-8-7-11(16)10-13(12)20-2/h4-8,10H,3,9H2,1-2H3,(H2,17,18,19). The van der Waals surface area contributed by atoms with E-state index in [-0.39, 0.29) is 5.82 Å². The van der Waals surface area contributed by atoms with Gasteiger partial charge in [-0.2, -0.15) is 0 Å². The molecule has 2 aromatic rings. The third kappa shape index (κ3) is 3.60. The zero-order valence-electron chi connectivity index (χ0n) is 11.6. The molecule has 20 heavy (non-hydrogen) atoms. The van der Waals surface area contributed by atoms with Crippen LogP contribution >= 0.6 is 0 Å². The zero-order chi connectivity index (χ0) is 14.4. The number of aromatic nitrogens is 1. The van der Waals surface area contributed by atoms with Crippen LogP contribution in [-0.2, 0) is 0 Å². The van der Waals surface area contributed by atoms with Gasteiger partial charge in [-0.1, -0.05) is 13.0 Å². The lowest BCUT2D eigenvalue weighted by molar-refractivity contribution is 0.413. The van der Waals surface area contributed by atoms with Gasteiger partial charge in [0.2, 0.25) is 0 Å². The van der Waals surface area contributed by atoms with Crippen LogP contribution < -0.4 is 15.4 Å². The van der Waals surface area contributed by atoms with Gasteiger partial charge in [0, 0.05) is 12.6 Å². The monoisotopic (exact) mass is 275 g/mol. The highest BCUT2D eigenvalue weighted by Gasteiger charge is 2.06. The van der Waals surface area contributed by atoms with Crippen LogP contribution in [0, 0.1) is 5.82 Å². The Morgan fingerprint density at radius 3 is 2.75 bits per heavy atom. The summed E-state index contributed by atoms with van der Waals surface area (Å²) >= 11 is 0. The van der Waals surface area contributed by atoms with Crippen LogP contribution in [0.1, 0.15) is 13.3 Å². The third-order valence-electron chi connectivity index (χ3n) is 2.73. The second-order valence-corrected chi connectivity index (χ2v) is 4.30. The van der Waals surface area contributed by atoms with Gasteiger partial charge in [0.05, 0.1) is 12.8 Å². The summed E-state index contributed by atoms with van der Waals surface area (Å²) in [4.78, 5) is 4.43. The molecular weight excluding hydrogens is 257 g/mol. The molecule has 0 amide bonds. The van der Waals surface area contributed by atoms with Gasteiger partial charge in [-0.15, -0.1) is 0 Å². The Morgan fingerprint density at radius 2 is 2.00 bits per heavy atom. The average Bonchev–Trinajstić information content (AvgIpc) is 2.47. The van der Waals surface area contributed by atoms with Gasteiger partial charge in [0.15, 0.2) is 0 Å². The number of anilines is 3. The van der Waals surface area contributed by atoms with E-state index in [1.165, 1.54) is 19.2 Å². The second-order valence-electron chi connectivity index (χ2n) is 4.30. The topological polar surface area (TPSA) is 46.2 Å². The van der Waals surface area contributed by atoms with Gasteiger partial charge in [0.25, 0.3) is 0 Å². The molecule has 5 heteroatoms. The van der Waals surface area contributed by atoms with Crippen molar-refractivity contribution in [3.05, 3.63) is 42.2 Å². The zero-order valence-corrected chi connectivity index (χ0v) is 11.6. The molecule has 1 aromatic carbocycles. The highest BCUT2D eigenvalue weighted by atomic mass is 19.1. The number of hydrogen-bond donors (Lipinski definition) is 2. The number of halogens is 1. The maximum Gasteiger partial charge on any atom is 0.145 e. The molecule has 0 aliphatic rings. The minimum Gasteiger partial charge on any atom is -0.494 e. The molecule has 0 aliphatic carbocycles. The molecule has 0 saturated carbocycles. The molecule has 0 spiro atoms. The number of benzene rings is 1. The van der Waals surface area contributed by atoms with Crippen molar-refractivity contribution in [3.63, 3.8) is 0 Å². The Labute approximate surface area is 118 Å².